The number of aliphatic hydroxyl groups is 1. The van der Waals surface area contributed by atoms with Crippen LogP contribution in [0.25, 0.3) is 0 Å². The normalized spacial score (nSPS) is 13.5. The number of hydrogen-bond acceptors (Lipinski definition) is 4. The maximum atomic E-state index is 12.0. The predicted molar refractivity (Wildman–Crippen MR) is 63.7 cm³/mol. The highest BCUT2D eigenvalue weighted by Gasteiger charge is 2.24. The molecule has 0 saturated heterocycles. The molecule has 1 unspecified atom stereocenters. The quantitative estimate of drug-likeness (QED) is 0.808. The van der Waals surface area contributed by atoms with Gasteiger partial charge in [-0.05, 0) is 6.92 Å². The van der Waals surface area contributed by atoms with Crippen LogP contribution in [0.3, 0.4) is 0 Å². The number of aromatic amines is 1. The van der Waals surface area contributed by atoms with Crippen LogP contribution < -0.4 is 0 Å². The van der Waals surface area contributed by atoms with Crippen molar-refractivity contribution >= 4 is 5.91 Å². The van der Waals surface area contributed by atoms with Crippen LogP contribution in [0, 0.1) is 0 Å². The fraction of sp³-hybridized carbons (Fsp3) is 0.727. The zero-order chi connectivity index (χ0) is 13.2. The summed E-state index contributed by atoms with van der Waals surface area (Å²) in [5.74, 6) is 0.516. The Morgan fingerprint density at radius 2 is 2.12 bits per heavy atom. The highest BCUT2D eigenvalue weighted by Crippen LogP contribution is 2.17. The molecule has 1 amide bonds. The van der Waals surface area contributed by atoms with Crippen molar-refractivity contribution in [2.75, 3.05) is 13.7 Å². The number of carbonyl (C=O) groups excluding carboxylic acids is 1. The number of carbonyl (C=O) groups is 1. The summed E-state index contributed by atoms with van der Waals surface area (Å²) in [5, 5.41) is 15.7. The average Bonchev–Trinajstić information content (AvgIpc) is 2.74. The number of likely N-dealkylation sites (N-methyl/N-ethyl adjacent to an activating group) is 1. The molecule has 0 aliphatic rings. The third-order valence-electron chi connectivity index (χ3n) is 2.63. The van der Waals surface area contributed by atoms with Gasteiger partial charge in [-0.3, -0.25) is 9.89 Å². The minimum absolute atomic E-state index is 0.0845. The van der Waals surface area contributed by atoms with Crippen molar-refractivity contribution < 1.29 is 9.90 Å². The van der Waals surface area contributed by atoms with Gasteiger partial charge in [-0.15, -0.1) is 5.10 Å². The lowest BCUT2D eigenvalue weighted by molar-refractivity contribution is 0.0670. The molecule has 0 saturated carbocycles. The van der Waals surface area contributed by atoms with Crippen LogP contribution in [0.15, 0.2) is 0 Å². The molecule has 6 nitrogen and oxygen atoms in total. The Bertz CT molecular complexity index is 394. The van der Waals surface area contributed by atoms with E-state index in [1.807, 2.05) is 20.8 Å². The van der Waals surface area contributed by atoms with E-state index >= 15 is 0 Å². The van der Waals surface area contributed by atoms with Gasteiger partial charge in [0.1, 0.15) is 5.82 Å². The smallest absolute Gasteiger partial charge is 0.293 e. The van der Waals surface area contributed by atoms with Crippen molar-refractivity contribution in [3.63, 3.8) is 0 Å². The molecule has 17 heavy (non-hydrogen) atoms. The minimum Gasteiger partial charge on any atom is -0.394 e. The molecule has 1 aromatic heterocycles. The van der Waals surface area contributed by atoms with Gasteiger partial charge < -0.3 is 10.0 Å². The van der Waals surface area contributed by atoms with Crippen molar-refractivity contribution in [2.24, 2.45) is 0 Å². The molecular formula is C11H20N4O2. The molecule has 1 atom stereocenters. The number of rotatable bonds is 3. The maximum absolute atomic E-state index is 12.0. The Balaban J connectivity index is 2.87. The summed E-state index contributed by atoms with van der Waals surface area (Å²) >= 11 is 0. The average molecular weight is 240 g/mol. The Labute approximate surface area is 101 Å². The van der Waals surface area contributed by atoms with Crippen LogP contribution in [0.1, 0.15) is 44.1 Å². The van der Waals surface area contributed by atoms with Gasteiger partial charge in [0.15, 0.2) is 0 Å². The SMILES string of the molecule is CC(CO)N(C)C(=O)c1n[nH]c(C(C)(C)C)n1. The van der Waals surface area contributed by atoms with Crippen molar-refractivity contribution in [1.82, 2.24) is 20.1 Å². The molecule has 0 fully saturated rings. The van der Waals surface area contributed by atoms with E-state index in [-0.39, 0.29) is 29.8 Å². The van der Waals surface area contributed by atoms with E-state index in [9.17, 15) is 4.79 Å². The van der Waals surface area contributed by atoms with Gasteiger partial charge >= 0.3 is 0 Å². The number of aromatic nitrogens is 3. The van der Waals surface area contributed by atoms with Crippen molar-refractivity contribution in [1.29, 1.82) is 0 Å². The van der Waals surface area contributed by atoms with Crippen LogP contribution in [0.4, 0.5) is 0 Å². The minimum atomic E-state index is -0.293. The molecular weight excluding hydrogens is 220 g/mol. The molecule has 0 bridgehead atoms. The summed E-state index contributed by atoms with van der Waals surface area (Å²) in [4.78, 5) is 17.6. The molecule has 0 aliphatic heterocycles. The molecule has 1 heterocycles. The second-order valence-corrected chi connectivity index (χ2v) is 5.21. The first kappa shape index (κ1) is 13.6. The Morgan fingerprint density at radius 3 is 2.53 bits per heavy atom. The van der Waals surface area contributed by atoms with Crippen LogP contribution in [-0.2, 0) is 5.41 Å². The Kier molecular flexibility index (Phi) is 3.87. The number of H-pyrrole nitrogens is 1. The number of nitrogens with one attached hydrogen (secondary N) is 1. The molecule has 1 rings (SSSR count). The summed E-state index contributed by atoms with van der Waals surface area (Å²) in [6, 6.07) is -0.251. The van der Waals surface area contributed by atoms with Crippen LogP contribution >= 0.6 is 0 Å². The molecule has 1 aromatic rings. The second kappa shape index (κ2) is 4.83. The predicted octanol–water partition coefficient (Wildman–Crippen LogP) is 0.555. The molecule has 0 aliphatic carbocycles. The van der Waals surface area contributed by atoms with Crippen LogP contribution in [0.2, 0.25) is 0 Å². The lowest BCUT2D eigenvalue weighted by Crippen LogP contribution is -2.37. The van der Waals surface area contributed by atoms with Gasteiger partial charge in [0.05, 0.1) is 12.6 Å². The van der Waals surface area contributed by atoms with E-state index in [1.165, 1.54) is 4.90 Å². The first-order valence-corrected chi connectivity index (χ1v) is 5.58. The van der Waals surface area contributed by atoms with Gasteiger partial charge in [0, 0.05) is 12.5 Å². The van der Waals surface area contributed by atoms with Gasteiger partial charge in [0.2, 0.25) is 5.82 Å². The van der Waals surface area contributed by atoms with Gasteiger partial charge in [-0.1, -0.05) is 20.8 Å². The zero-order valence-corrected chi connectivity index (χ0v) is 11.0. The number of amides is 1. The molecule has 0 aromatic carbocycles. The third kappa shape index (κ3) is 3.03. The summed E-state index contributed by atoms with van der Waals surface area (Å²) in [7, 11) is 1.62. The topological polar surface area (TPSA) is 82.1 Å². The first-order valence-electron chi connectivity index (χ1n) is 5.58. The van der Waals surface area contributed by atoms with Crippen LogP contribution in [-0.4, -0.2) is 50.8 Å². The maximum Gasteiger partial charge on any atom is 0.293 e. The Hall–Kier alpha value is -1.43. The largest absolute Gasteiger partial charge is 0.394 e. The molecule has 2 N–H and O–H groups in total. The van der Waals surface area contributed by atoms with E-state index in [2.05, 4.69) is 15.2 Å². The lowest BCUT2D eigenvalue weighted by Gasteiger charge is -2.21. The highest BCUT2D eigenvalue weighted by molar-refractivity contribution is 5.90. The van der Waals surface area contributed by atoms with Gasteiger partial charge in [0.25, 0.3) is 5.91 Å². The summed E-state index contributed by atoms with van der Waals surface area (Å²) in [6.07, 6.45) is 0. The highest BCUT2D eigenvalue weighted by atomic mass is 16.3. The standard InChI is InChI=1S/C11H20N4O2/c1-7(6-16)15(5)9(17)8-12-10(14-13-8)11(2,3)4/h7,16H,6H2,1-5H3,(H,12,13,14). The molecule has 6 heteroatoms. The first-order chi connectivity index (χ1) is 7.77. The van der Waals surface area contributed by atoms with Gasteiger partial charge in [-0.25, -0.2) is 4.98 Å². The Morgan fingerprint density at radius 1 is 1.53 bits per heavy atom. The summed E-state index contributed by atoms with van der Waals surface area (Å²) in [5.41, 5.74) is -0.174. The van der Waals surface area contributed by atoms with Gasteiger partial charge in [-0.2, -0.15) is 0 Å². The van der Waals surface area contributed by atoms with E-state index < -0.39 is 0 Å². The summed E-state index contributed by atoms with van der Waals surface area (Å²) in [6.45, 7) is 7.64. The second-order valence-electron chi connectivity index (χ2n) is 5.21. The fourth-order valence-electron chi connectivity index (χ4n) is 1.17. The van der Waals surface area contributed by atoms with E-state index in [4.69, 9.17) is 5.11 Å². The van der Waals surface area contributed by atoms with E-state index in [0.29, 0.717) is 5.82 Å². The van der Waals surface area contributed by atoms with Crippen molar-refractivity contribution in [3.05, 3.63) is 11.6 Å². The number of nitrogens with zero attached hydrogens (tertiary/aromatic N) is 3. The van der Waals surface area contributed by atoms with Crippen LogP contribution in [0.5, 0.6) is 0 Å². The molecule has 0 spiro atoms. The monoisotopic (exact) mass is 240 g/mol. The van der Waals surface area contributed by atoms with Crippen molar-refractivity contribution in [2.45, 2.75) is 39.2 Å². The van der Waals surface area contributed by atoms with E-state index in [1.54, 1.807) is 14.0 Å². The fourth-order valence-corrected chi connectivity index (χ4v) is 1.17. The molecule has 0 radical (unpaired) electrons. The molecule has 96 valence electrons. The number of hydrogen-bond donors (Lipinski definition) is 2. The zero-order valence-electron chi connectivity index (χ0n) is 11.0. The summed E-state index contributed by atoms with van der Waals surface area (Å²) < 4.78 is 0. The van der Waals surface area contributed by atoms with E-state index in [0.717, 1.165) is 0 Å². The number of aliphatic hydroxyl groups excluding tert-OH is 1. The third-order valence-corrected chi connectivity index (χ3v) is 2.63. The van der Waals surface area contributed by atoms with Crippen molar-refractivity contribution in [3.8, 4) is 0 Å². The lowest BCUT2D eigenvalue weighted by atomic mass is 9.96.